The molecule has 4 nitrogen and oxygen atoms in total. The van der Waals surface area contributed by atoms with Crippen molar-refractivity contribution in [2.75, 3.05) is 19.0 Å². The Hall–Kier alpha value is -2.46. The number of ether oxygens (including phenoxy) is 2. The van der Waals surface area contributed by atoms with Gasteiger partial charge in [-0.1, -0.05) is 23.7 Å². The smallest absolute Gasteiger partial charge is 0.248 e. The molecule has 1 N–H and O–H groups in total. The first-order valence-corrected chi connectivity index (χ1v) is 7.97. The summed E-state index contributed by atoms with van der Waals surface area (Å²) in [6.07, 6.45) is 3.18. The van der Waals surface area contributed by atoms with Crippen LogP contribution in [0.25, 0.3) is 6.08 Å². The SMILES string of the molecule is CCOc1cc(/C=C/C(=O)Nc2ccc(C)c(Cl)c2)ccc1OC. The maximum Gasteiger partial charge on any atom is 0.248 e. The Morgan fingerprint density at radius 1 is 1.21 bits per heavy atom. The van der Waals surface area contributed by atoms with Gasteiger partial charge in [-0.3, -0.25) is 4.79 Å². The van der Waals surface area contributed by atoms with Gasteiger partial charge in [0.1, 0.15) is 0 Å². The number of anilines is 1. The van der Waals surface area contributed by atoms with Crippen molar-refractivity contribution < 1.29 is 14.3 Å². The average molecular weight is 346 g/mol. The highest BCUT2D eigenvalue weighted by Crippen LogP contribution is 2.28. The molecule has 126 valence electrons. The number of hydrogen-bond acceptors (Lipinski definition) is 3. The lowest BCUT2D eigenvalue weighted by Gasteiger charge is -2.09. The largest absolute Gasteiger partial charge is 0.493 e. The topological polar surface area (TPSA) is 47.6 Å². The summed E-state index contributed by atoms with van der Waals surface area (Å²) < 4.78 is 10.8. The molecule has 0 aliphatic carbocycles. The number of nitrogens with one attached hydrogen (secondary N) is 1. The van der Waals surface area contributed by atoms with Gasteiger partial charge in [0.2, 0.25) is 5.91 Å². The maximum absolute atomic E-state index is 12.0. The second-order valence-electron chi connectivity index (χ2n) is 5.13. The van der Waals surface area contributed by atoms with E-state index in [1.54, 1.807) is 19.3 Å². The Balaban J connectivity index is 2.07. The Bertz CT molecular complexity index is 756. The van der Waals surface area contributed by atoms with E-state index in [9.17, 15) is 4.79 Å². The van der Waals surface area contributed by atoms with Crippen molar-refractivity contribution in [2.45, 2.75) is 13.8 Å². The first kappa shape index (κ1) is 17.9. The van der Waals surface area contributed by atoms with Crippen LogP contribution in [0.2, 0.25) is 5.02 Å². The second-order valence-corrected chi connectivity index (χ2v) is 5.54. The Labute approximate surface area is 147 Å². The molecule has 2 rings (SSSR count). The number of benzene rings is 2. The third-order valence-electron chi connectivity index (χ3n) is 3.35. The minimum Gasteiger partial charge on any atom is -0.493 e. The Morgan fingerprint density at radius 2 is 2.00 bits per heavy atom. The molecule has 2 aromatic carbocycles. The molecule has 0 fully saturated rings. The number of amides is 1. The minimum atomic E-state index is -0.233. The molecule has 0 unspecified atom stereocenters. The lowest BCUT2D eigenvalue weighted by Crippen LogP contribution is -2.07. The van der Waals surface area contributed by atoms with E-state index >= 15 is 0 Å². The summed E-state index contributed by atoms with van der Waals surface area (Å²) in [4.78, 5) is 12.0. The highest BCUT2D eigenvalue weighted by atomic mass is 35.5. The van der Waals surface area contributed by atoms with Crippen LogP contribution in [0.4, 0.5) is 5.69 Å². The zero-order chi connectivity index (χ0) is 17.5. The van der Waals surface area contributed by atoms with E-state index < -0.39 is 0 Å². The summed E-state index contributed by atoms with van der Waals surface area (Å²) in [5.74, 6) is 1.07. The summed E-state index contributed by atoms with van der Waals surface area (Å²) >= 11 is 6.05. The lowest BCUT2D eigenvalue weighted by atomic mass is 10.2. The van der Waals surface area contributed by atoms with Crippen LogP contribution in [0, 0.1) is 6.92 Å². The molecule has 0 radical (unpaired) electrons. The van der Waals surface area contributed by atoms with Gasteiger partial charge in [-0.25, -0.2) is 0 Å². The molecule has 24 heavy (non-hydrogen) atoms. The van der Waals surface area contributed by atoms with Crippen LogP contribution in [0.3, 0.4) is 0 Å². The number of rotatable bonds is 6. The van der Waals surface area contributed by atoms with Gasteiger partial charge >= 0.3 is 0 Å². The molecule has 0 aliphatic heterocycles. The van der Waals surface area contributed by atoms with Crippen LogP contribution in [-0.4, -0.2) is 19.6 Å². The van der Waals surface area contributed by atoms with Crippen molar-refractivity contribution >= 4 is 29.3 Å². The number of carbonyl (C=O) groups is 1. The normalized spacial score (nSPS) is 10.7. The van der Waals surface area contributed by atoms with Crippen molar-refractivity contribution in [1.29, 1.82) is 0 Å². The molecule has 1 amide bonds. The van der Waals surface area contributed by atoms with Crippen molar-refractivity contribution in [3.63, 3.8) is 0 Å². The van der Waals surface area contributed by atoms with E-state index in [0.29, 0.717) is 28.8 Å². The standard InChI is InChI=1S/C19H20ClNO3/c1-4-24-18-11-14(6-9-17(18)23-3)7-10-19(22)21-15-8-5-13(2)16(20)12-15/h5-12H,4H2,1-3H3,(H,21,22)/b10-7+. The third-order valence-corrected chi connectivity index (χ3v) is 3.76. The molecule has 0 heterocycles. The van der Waals surface area contributed by atoms with Crippen LogP contribution in [0.1, 0.15) is 18.1 Å². The van der Waals surface area contributed by atoms with E-state index in [0.717, 1.165) is 11.1 Å². The van der Waals surface area contributed by atoms with Gasteiger partial charge in [0.15, 0.2) is 11.5 Å². The second kappa shape index (κ2) is 8.41. The molecular weight excluding hydrogens is 326 g/mol. The Kier molecular flexibility index (Phi) is 6.27. The zero-order valence-electron chi connectivity index (χ0n) is 13.9. The average Bonchev–Trinajstić information content (AvgIpc) is 2.57. The van der Waals surface area contributed by atoms with Gasteiger partial charge in [0.25, 0.3) is 0 Å². The fraction of sp³-hybridized carbons (Fsp3) is 0.211. The molecule has 5 heteroatoms. The summed E-state index contributed by atoms with van der Waals surface area (Å²) in [6.45, 7) is 4.35. The van der Waals surface area contributed by atoms with Crippen LogP contribution in [-0.2, 0) is 4.79 Å². The molecule has 0 aliphatic rings. The van der Waals surface area contributed by atoms with Crippen molar-refractivity contribution in [3.05, 3.63) is 58.6 Å². The number of hydrogen-bond donors (Lipinski definition) is 1. The highest BCUT2D eigenvalue weighted by Gasteiger charge is 2.05. The van der Waals surface area contributed by atoms with Crippen molar-refractivity contribution in [2.24, 2.45) is 0 Å². The molecule has 0 bridgehead atoms. The van der Waals surface area contributed by atoms with Crippen LogP contribution < -0.4 is 14.8 Å². The van der Waals surface area contributed by atoms with Gasteiger partial charge in [-0.15, -0.1) is 0 Å². The van der Waals surface area contributed by atoms with E-state index in [2.05, 4.69) is 5.32 Å². The van der Waals surface area contributed by atoms with E-state index in [1.165, 1.54) is 6.08 Å². The van der Waals surface area contributed by atoms with Crippen molar-refractivity contribution in [1.82, 2.24) is 0 Å². The highest BCUT2D eigenvalue weighted by molar-refractivity contribution is 6.31. The zero-order valence-corrected chi connectivity index (χ0v) is 14.7. The number of aryl methyl sites for hydroxylation is 1. The first-order chi connectivity index (χ1) is 11.5. The maximum atomic E-state index is 12.0. The molecule has 0 saturated carbocycles. The van der Waals surface area contributed by atoms with Gasteiger partial charge in [-0.2, -0.15) is 0 Å². The predicted octanol–water partition coefficient (Wildman–Crippen LogP) is 4.71. The third kappa shape index (κ3) is 4.77. The molecule has 0 saturated heterocycles. The first-order valence-electron chi connectivity index (χ1n) is 7.59. The number of methoxy groups -OCH3 is 1. The van der Waals surface area contributed by atoms with Gasteiger partial charge in [-0.05, 0) is 55.3 Å². The minimum absolute atomic E-state index is 0.233. The summed E-state index contributed by atoms with van der Waals surface area (Å²) in [6, 6.07) is 10.9. The summed E-state index contributed by atoms with van der Waals surface area (Å²) in [7, 11) is 1.59. The van der Waals surface area contributed by atoms with Gasteiger partial charge in [0.05, 0.1) is 13.7 Å². The van der Waals surface area contributed by atoms with Gasteiger partial charge in [0, 0.05) is 16.8 Å². The van der Waals surface area contributed by atoms with E-state index in [-0.39, 0.29) is 5.91 Å². The van der Waals surface area contributed by atoms with Crippen LogP contribution in [0.5, 0.6) is 11.5 Å². The molecule has 2 aromatic rings. The van der Waals surface area contributed by atoms with Gasteiger partial charge < -0.3 is 14.8 Å². The quantitative estimate of drug-likeness (QED) is 0.771. The molecule has 0 atom stereocenters. The predicted molar refractivity (Wildman–Crippen MR) is 98.0 cm³/mol. The molecule has 0 aromatic heterocycles. The van der Waals surface area contributed by atoms with Crippen molar-refractivity contribution in [3.8, 4) is 11.5 Å². The van der Waals surface area contributed by atoms with E-state index in [1.807, 2.05) is 44.2 Å². The summed E-state index contributed by atoms with van der Waals surface area (Å²) in [5.41, 5.74) is 2.47. The Morgan fingerprint density at radius 3 is 2.67 bits per heavy atom. The number of halogens is 1. The monoisotopic (exact) mass is 345 g/mol. The molecular formula is C19H20ClNO3. The van der Waals surface area contributed by atoms with Crippen LogP contribution in [0.15, 0.2) is 42.5 Å². The summed E-state index contributed by atoms with van der Waals surface area (Å²) in [5, 5.41) is 3.40. The molecule has 0 spiro atoms. The fourth-order valence-corrected chi connectivity index (χ4v) is 2.27. The van der Waals surface area contributed by atoms with Crippen LogP contribution >= 0.6 is 11.6 Å². The van der Waals surface area contributed by atoms with E-state index in [4.69, 9.17) is 21.1 Å². The fourth-order valence-electron chi connectivity index (χ4n) is 2.09. The lowest BCUT2D eigenvalue weighted by molar-refractivity contribution is -0.111. The number of carbonyl (C=O) groups excluding carboxylic acids is 1.